The molecule has 0 heterocycles. The van der Waals surface area contributed by atoms with Gasteiger partial charge < -0.3 is 9.47 Å². The first-order valence-electron chi connectivity index (χ1n) is 11.0. The van der Waals surface area contributed by atoms with Crippen molar-refractivity contribution in [1.29, 1.82) is 0 Å². The standard InChI is InChI=1S/C28H22Cl2N2O4/c1-17-7-10-21(13-18(17)2)35-16-27(33)32-31-15-24-22-6-4-3-5-19(22)8-12-26(24)36-28(34)23-11-9-20(29)14-25(23)30/h3-15H,16H2,1-2H3,(H,32,33)/b31-15-. The number of nitrogens with zero attached hydrogens (tertiary/aromatic N) is 1. The molecule has 0 atom stereocenters. The summed E-state index contributed by atoms with van der Waals surface area (Å²) < 4.78 is 11.2. The average molecular weight is 521 g/mol. The van der Waals surface area contributed by atoms with Gasteiger partial charge in [0.1, 0.15) is 11.5 Å². The molecule has 0 bridgehead atoms. The molecule has 4 aromatic carbocycles. The molecule has 6 nitrogen and oxygen atoms in total. The molecule has 8 heteroatoms. The van der Waals surface area contributed by atoms with Crippen LogP contribution < -0.4 is 14.9 Å². The van der Waals surface area contributed by atoms with Crippen molar-refractivity contribution < 1.29 is 19.1 Å². The second kappa shape index (κ2) is 11.2. The van der Waals surface area contributed by atoms with Crippen molar-refractivity contribution in [3.8, 4) is 11.5 Å². The molecule has 0 aliphatic heterocycles. The lowest BCUT2D eigenvalue weighted by atomic mass is 10.0. The molecule has 0 aliphatic carbocycles. The third-order valence-electron chi connectivity index (χ3n) is 5.52. The Hall–Kier alpha value is -3.87. The maximum absolute atomic E-state index is 12.8. The van der Waals surface area contributed by atoms with Crippen LogP contribution in [0.5, 0.6) is 11.5 Å². The zero-order chi connectivity index (χ0) is 25.7. The minimum Gasteiger partial charge on any atom is -0.484 e. The van der Waals surface area contributed by atoms with E-state index in [1.54, 1.807) is 12.1 Å². The Labute approximate surface area is 218 Å². The van der Waals surface area contributed by atoms with E-state index in [1.807, 2.05) is 62.4 Å². The van der Waals surface area contributed by atoms with Crippen LogP contribution in [0.2, 0.25) is 10.0 Å². The SMILES string of the molecule is Cc1ccc(OCC(=O)N/N=C\c2c(OC(=O)c3ccc(Cl)cc3Cl)ccc3ccccc23)cc1C. The van der Waals surface area contributed by atoms with Crippen LogP contribution in [0.1, 0.15) is 27.0 Å². The Balaban J connectivity index is 1.51. The van der Waals surface area contributed by atoms with Gasteiger partial charge in [-0.1, -0.05) is 59.6 Å². The molecule has 0 fully saturated rings. The number of halogens is 2. The van der Waals surface area contributed by atoms with Gasteiger partial charge in [0, 0.05) is 10.6 Å². The summed E-state index contributed by atoms with van der Waals surface area (Å²) in [4.78, 5) is 25.1. The van der Waals surface area contributed by atoms with E-state index in [4.69, 9.17) is 32.7 Å². The van der Waals surface area contributed by atoms with Gasteiger partial charge in [0.25, 0.3) is 5.91 Å². The smallest absolute Gasteiger partial charge is 0.345 e. The van der Waals surface area contributed by atoms with Gasteiger partial charge in [0.05, 0.1) is 16.8 Å². The predicted octanol–water partition coefficient (Wildman–Crippen LogP) is 6.51. The lowest BCUT2D eigenvalue weighted by Gasteiger charge is -2.11. The van der Waals surface area contributed by atoms with Crippen molar-refractivity contribution in [2.24, 2.45) is 5.10 Å². The fourth-order valence-corrected chi connectivity index (χ4v) is 3.95. The van der Waals surface area contributed by atoms with Gasteiger partial charge in [-0.3, -0.25) is 4.79 Å². The van der Waals surface area contributed by atoms with Crippen LogP contribution in [0.15, 0.2) is 77.9 Å². The van der Waals surface area contributed by atoms with Crippen LogP contribution >= 0.6 is 23.2 Å². The van der Waals surface area contributed by atoms with E-state index in [9.17, 15) is 9.59 Å². The Bertz CT molecular complexity index is 1480. The molecule has 0 spiro atoms. The summed E-state index contributed by atoms with van der Waals surface area (Å²) in [5.74, 6) is -0.223. The number of nitrogens with one attached hydrogen (secondary N) is 1. The summed E-state index contributed by atoms with van der Waals surface area (Å²) in [6.45, 7) is 3.78. The summed E-state index contributed by atoms with van der Waals surface area (Å²) in [7, 11) is 0. The zero-order valence-corrected chi connectivity index (χ0v) is 21.1. The molecule has 0 aliphatic rings. The number of fused-ring (bicyclic) bond motifs is 1. The summed E-state index contributed by atoms with van der Waals surface area (Å²) in [6.07, 6.45) is 1.43. The van der Waals surface area contributed by atoms with Gasteiger partial charge in [-0.25, -0.2) is 10.2 Å². The first kappa shape index (κ1) is 25.2. The fraction of sp³-hybridized carbons (Fsp3) is 0.107. The molecule has 0 unspecified atom stereocenters. The molecule has 4 aromatic rings. The largest absolute Gasteiger partial charge is 0.484 e. The normalized spacial score (nSPS) is 11.0. The lowest BCUT2D eigenvalue weighted by molar-refractivity contribution is -0.123. The Morgan fingerprint density at radius 2 is 1.75 bits per heavy atom. The van der Waals surface area contributed by atoms with E-state index in [2.05, 4.69) is 10.5 Å². The molecule has 4 rings (SSSR count). The molecule has 1 amide bonds. The van der Waals surface area contributed by atoms with E-state index in [0.29, 0.717) is 16.3 Å². The van der Waals surface area contributed by atoms with Crippen molar-refractivity contribution in [1.82, 2.24) is 5.43 Å². The van der Waals surface area contributed by atoms with Crippen LogP contribution in [-0.2, 0) is 4.79 Å². The molecule has 0 aromatic heterocycles. The van der Waals surface area contributed by atoms with Gasteiger partial charge >= 0.3 is 5.97 Å². The van der Waals surface area contributed by atoms with E-state index >= 15 is 0 Å². The van der Waals surface area contributed by atoms with Crippen LogP contribution in [0, 0.1) is 13.8 Å². The molecule has 0 saturated heterocycles. The van der Waals surface area contributed by atoms with Crippen molar-refractivity contribution >= 4 is 52.1 Å². The molecule has 1 N–H and O–H groups in total. The number of hydrogen-bond donors (Lipinski definition) is 1. The quantitative estimate of drug-likeness (QED) is 0.130. The maximum atomic E-state index is 12.8. The molecular weight excluding hydrogens is 499 g/mol. The van der Waals surface area contributed by atoms with Gasteiger partial charge in [-0.2, -0.15) is 5.10 Å². The highest BCUT2D eigenvalue weighted by molar-refractivity contribution is 6.36. The topological polar surface area (TPSA) is 77.0 Å². The van der Waals surface area contributed by atoms with Crippen molar-refractivity contribution in [2.45, 2.75) is 13.8 Å². The van der Waals surface area contributed by atoms with Crippen LogP contribution in [0.25, 0.3) is 10.8 Å². The Morgan fingerprint density at radius 1 is 0.944 bits per heavy atom. The molecule has 0 radical (unpaired) electrons. The van der Waals surface area contributed by atoms with E-state index < -0.39 is 11.9 Å². The molecule has 0 saturated carbocycles. The minimum atomic E-state index is -0.646. The second-order valence-corrected chi connectivity index (χ2v) is 8.88. The summed E-state index contributed by atoms with van der Waals surface area (Å²) >= 11 is 12.1. The molecular formula is C28H22Cl2N2O4. The van der Waals surface area contributed by atoms with Crippen LogP contribution in [0.3, 0.4) is 0 Å². The van der Waals surface area contributed by atoms with Crippen molar-refractivity contribution in [3.05, 3.63) is 105 Å². The second-order valence-electron chi connectivity index (χ2n) is 8.04. The van der Waals surface area contributed by atoms with Gasteiger partial charge in [-0.15, -0.1) is 0 Å². The zero-order valence-electron chi connectivity index (χ0n) is 19.5. The number of aryl methyl sites for hydroxylation is 2. The summed E-state index contributed by atoms with van der Waals surface area (Å²) in [5, 5.41) is 6.35. The maximum Gasteiger partial charge on any atom is 0.345 e. The number of ether oxygens (including phenoxy) is 2. The third-order valence-corrected chi connectivity index (χ3v) is 6.06. The van der Waals surface area contributed by atoms with E-state index in [0.717, 1.165) is 21.9 Å². The number of benzene rings is 4. The number of carbonyl (C=O) groups excluding carboxylic acids is 2. The predicted molar refractivity (Wildman–Crippen MR) is 143 cm³/mol. The van der Waals surface area contributed by atoms with E-state index in [-0.39, 0.29) is 22.9 Å². The number of hydrogen-bond acceptors (Lipinski definition) is 5. The number of amides is 1. The molecule has 182 valence electrons. The van der Waals surface area contributed by atoms with Crippen molar-refractivity contribution in [3.63, 3.8) is 0 Å². The van der Waals surface area contributed by atoms with Crippen molar-refractivity contribution in [2.75, 3.05) is 6.61 Å². The number of rotatable bonds is 7. The Morgan fingerprint density at radius 3 is 2.53 bits per heavy atom. The lowest BCUT2D eigenvalue weighted by Crippen LogP contribution is -2.24. The summed E-state index contributed by atoms with van der Waals surface area (Å²) in [5.41, 5.74) is 5.35. The minimum absolute atomic E-state index is 0.175. The van der Waals surface area contributed by atoms with Crippen LogP contribution in [-0.4, -0.2) is 24.7 Å². The first-order chi connectivity index (χ1) is 17.3. The average Bonchev–Trinajstić information content (AvgIpc) is 2.85. The highest BCUT2D eigenvalue weighted by atomic mass is 35.5. The third kappa shape index (κ3) is 6.03. The van der Waals surface area contributed by atoms with Gasteiger partial charge in [0.15, 0.2) is 6.61 Å². The van der Waals surface area contributed by atoms with Gasteiger partial charge in [0.2, 0.25) is 0 Å². The monoisotopic (exact) mass is 520 g/mol. The summed E-state index contributed by atoms with van der Waals surface area (Å²) in [6, 6.07) is 21.2. The number of carbonyl (C=O) groups is 2. The first-order valence-corrected chi connectivity index (χ1v) is 11.8. The van der Waals surface area contributed by atoms with Gasteiger partial charge in [-0.05, 0) is 72.1 Å². The number of hydrazone groups is 1. The Kier molecular flexibility index (Phi) is 7.88. The fourth-order valence-electron chi connectivity index (χ4n) is 3.46. The highest BCUT2D eigenvalue weighted by Crippen LogP contribution is 2.29. The highest BCUT2D eigenvalue weighted by Gasteiger charge is 2.16. The number of esters is 1. The van der Waals surface area contributed by atoms with E-state index in [1.165, 1.54) is 18.3 Å². The van der Waals surface area contributed by atoms with Crippen LogP contribution in [0.4, 0.5) is 0 Å². The molecule has 36 heavy (non-hydrogen) atoms.